The van der Waals surface area contributed by atoms with Crippen molar-refractivity contribution in [3.8, 4) is 0 Å². The average Bonchev–Trinajstić information content (AvgIpc) is 2.16. The van der Waals surface area contributed by atoms with E-state index in [1.165, 1.54) is 5.56 Å². The molecule has 1 heteroatoms. The lowest BCUT2D eigenvalue weighted by molar-refractivity contribution is 0.414. The summed E-state index contributed by atoms with van der Waals surface area (Å²) >= 11 is 0. The van der Waals surface area contributed by atoms with Crippen molar-refractivity contribution in [3.63, 3.8) is 0 Å². The fourth-order valence-corrected chi connectivity index (χ4v) is 1.30. The number of aliphatic hydroxyl groups is 1. The predicted molar refractivity (Wildman–Crippen MR) is 51.2 cm³/mol. The first-order chi connectivity index (χ1) is 5.83. The summed E-state index contributed by atoms with van der Waals surface area (Å²) in [6, 6.07) is 5.86. The molecule has 0 aliphatic rings. The lowest BCUT2D eigenvalue weighted by Gasteiger charge is -2.06. The van der Waals surface area contributed by atoms with Gasteiger partial charge in [-0.05, 0) is 23.1 Å². The van der Waals surface area contributed by atoms with E-state index in [-0.39, 0.29) is 0 Å². The molecule has 0 amide bonds. The van der Waals surface area contributed by atoms with E-state index in [1.54, 1.807) is 6.08 Å². The van der Waals surface area contributed by atoms with Crippen LogP contribution in [0.5, 0.6) is 0 Å². The monoisotopic (exact) mass is 161 g/mol. The van der Waals surface area contributed by atoms with Crippen molar-refractivity contribution in [1.29, 1.82) is 0 Å². The van der Waals surface area contributed by atoms with Crippen molar-refractivity contribution < 1.29 is 5.11 Å². The van der Waals surface area contributed by atoms with Crippen LogP contribution in [0.15, 0.2) is 24.8 Å². The Morgan fingerprint density at radius 2 is 2.25 bits per heavy atom. The van der Waals surface area contributed by atoms with Gasteiger partial charge in [0, 0.05) is 0 Å². The maximum atomic E-state index is 8.90. The molecule has 0 spiro atoms. The number of aryl methyl sites for hydroxylation is 1. The summed E-state index contributed by atoms with van der Waals surface area (Å²) in [6.45, 7) is 6.93. The smallest absolute Gasteiger partial charge is 0.110 e. The molecule has 1 aromatic rings. The number of rotatable bonds is 3. The summed E-state index contributed by atoms with van der Waals surface area (Å²) in [5.74, 6) is 0. The van der Waals surface area contributed by atoms with Crippen LogP contribution in [0.2, 0.25) is 0 Å². The molecular weight excluding hydrogens is 148 g/mol. The first kappa shape index (κ1) is 9.01. The number of aliphatic hydroxyl groups excluding tert-OH is 1. The second kappa shape index (κ2) is 4.07. The number of hydrogen-bond donors (Lipinski definition) is 1. The molecule has 0 unspecified atom stereocenters. The SMILES string of the molecule is C=Cc1c([CH]O)cccc1CC. The number of benzene rings is 1. The van der Waals surface area contributed by atoms with Crippen LogP contribution in [0, 0.1) is 6.61 Å². The Morgan fingerprint density at radius 3 is 2.75 bits per heavy atom. The Kier molecular flexibility index (Phi) is 3.06. The van der Waals surface area contributed by atoms with E-state index in [0.717, 1.165) is 24.2 Å². The van der Waals surface area contributed by atoms with Crippen LogP contribution in [0.3, 0.4) is 0 Å². The molecule has 0 bridgehead atoms. The van der Waals surface area contributed by atoms with Crippen LogP contribution >= 0.6 is 0 Å². The van der Waals surface area contributed by atoms with E-state index in [2.05, 4.69) is 13.5 Å². The lowest BCUT2D eigenvalue weighted by atomic mass is 10.00. The average molecular weight is 161 g/mol. The topological polar surface area (TPSA) is 20.2 Å². The van der Waals surface area contributed by atoms with Gasteiger partial charge in [0.2, 0.25) is 0 Å². The van der Waals surface area contributed by atoms with Gasteiger partial charge in [-0.2, -0.15) is 0 Å². The zero-order valence-corrected chi connectivity index (χ0v) is 7.25. The summed E-state index contributed by atoms with van der Waals surface area (Å²) in [5, 5.41) is 8.90. The highest BCUT2D eigenvalue weighted by Crippen LogP contribution is 2.17. The van der Waals surface area contributed by atoms with Crippen molar-refractivity contribution in [2.45, 2.75) is 13.3 Å². The zero-order valence-electron chi connectivity index (χ0n) is 7.25. The van der Waals surface area contributed by atoms with Crippen molar-refractivity contribution in [3.05, 3.63) is 48.1 Å². The molecule has 1 aromatic carbocycles. The molecule has 0 saturated carbocycles. The largest absolute Gasteiger partial charge is 0.385 e. The summed E-state index contributed by atoms with van der Waals surface area (Å²) in [5.41, 5.74) is 3.08. The van der Waals surface area contributed by atoms with Crippen LogP contribution in [0.4, 0.5) is 0 Å². The molecule has 0 aliphatic heterocycles. The Bertz CT molecular complexity index is 254. The second-order valence-electron chi connectivity index (χ2n) is 2.61. The third kappa shape index (κ3) is 1.56. The molecule has 1 N–H and O–H groups in total. The van der Waals surface area contributed by atoms with Gasteiger partial charge in [-0.25, -0.2) is 0 Å². The van der Waals surface area contributed by atoms with Crippen LogP contribution < -0.4 is 0 Å². The minimum Gasteiger partial charge on any atom is -0.385 e. The Labute approximate surface area is 73.4 Å². The molecule has 0 atom stereocenters. The van der Waals surface area contributed by atoms with Gasteiger partial charge in [-0.1, -0.05) is 37.8 Å². The van der Waals surface area contributed by atoms with Crippen molar-refractivity contribution in [2.24, 2.45) is 0 Å². The second-order valence-corrected chi connectivity index (χ2v) is 2.61. The van der Waals surface area contributed by atoms with Gasteiger partial charge in [0.15, 0.2) is 0 Å². The van der Waals surface area contributed by atoms with Gasteiger partial charge >= 0.3 is 0 Å². The van der Waals surface area contributed by atoms with Crippen molar-refractivity contribution >= 4 is 6.08 Å². The number of hydrogen-bond acceptors (Lipinski definition) is 1. The quantitative estimate of drug-likeness (QED) is 0.722. The highest BCUT2D eigenvalue weighted by Gasteiger charge is 2.01. The van der Waals surface area contributed by atoms with E-state index in [1.807, 2.05) is 18.2 Å². The van der Waals surface area contributed by atoms with E-state index < -0.39 is 0 Å². The minimum atomic E-state index is 0.837. The van der Waals surface area contributed by atoms with E-state index in [9.17, 15) is 0 Å². The van der Waals surface area contributed by atoms with Crippen LogP contribution in [0.25, 0.3) is 6.08 Å². The fraction of sp³-hybridized carbons (Fsp3) is 0.182. The maximum absolute atomic E-state index is 8.90. The standard InChI is InChI=1S/C11H13O/c1-3-9-6-5-7-10(8-12)11(9)4-2/h4-8,12H,2-3H2,1H3. The molecular formula is C11H13O. The Morgan fingerprint density at radius 1 is 1.50 bits per heavy atom. The molecule has 1 rings (SSSR count). The first-order valence-corrected chi connectivity index (χ1v) is 4.05. The summed E-state index contributed by atoms with van der Waals surface area (Å²) in [7, 11) is 0. The van der Waals surface area contributed by atoms with Crippen LogP contribution in [-0.2, 0) is 6.42 Å². The minimum absolute atomic E-state index is 0.837. The van der Waals surface area contributed by atoms with Gasteiger partial charge < -0.3 is 5.11 Å². The van der Waals surface area contributed by atoms with Gasteiger partial charge in [0.25, 0.3) is 0 Å². The molecule has 0 aliphatic carbocycles. The Balaban J connectivity index is 3.21. The van der Waals surface area contributed by atoms with Crippen molar-refractivity contribution in [1.82, 2.24) is 0 Å². The van der Waals surface area contributed by atoms with E-state index in [4.69, 9.17) is 5.11 Å². The first-order valence-electron chi connectivity index (χ1n) is 4.05. The fourth-order valence-electron chi connectivity index (χ4n) is 1.30. The molecule has 12 heavy (non-hydrogen) atoms. The van der Waals surface area contributed by atoms with Crippen LogP contribution in [-0.4, -0.2) is 5.11 Å². The summed E-state index contributed by atoms with van der Waals surface area (Å²) in [6.07, 6.45) is 2.74. The molecule has 0 saturated heterocycles. The molecule has 63 valence electrons. The van der Waals surface area contributed by atoms with E-state index in [0.29, 0.717) is 0 Å². The van der Waals surface area contributed by atoms with Crippen LogP contribution in [0.1, 0.15) is 23.6 Å². The maximum Gasteiger partial charge on any atom is 0.110 e. The molecule has 1 nitrogen and oxygen atoms in total. The molecule has 1 radical (unpaired) electrons. The van der Waals surface area contributed by atoms with E-state index >= 15 is 0 Å². The molecule has 0 fully saturated rings. The predicted octanol–water partition coefficient (Wildman–Crippen LogP) is 2.77. The van der Waals surface area contributed by atoms with Gasteiger partial charge in [0.05, 0.1) is 0 Å². The highest BCUT2D eigenvalue weighted by molar-refractivity contribution is 5.58. The molecule has 0 aromatic heterocycles. The third-order valence-corrected chi connectivity index (χ3v) is 1.95. The summed E-state index contributed by atoms with van der Waals surface area (Å²) < 4.78 is 0. The summed E-state index contributed by atoms with van der Waals surface area (Å²) in [4.78, 5) is 0. The third-order valence-electron chi connectivity index (χ3n) is 1.95. The van der Waals surface area contributed by atoms with Gasteiger partial charge in [-0.15, -0.1) is 0 Å². The highest BCUT2D eigenvalue weighted by atomic mass is 16.3. The zero-order chi connectivity index (χ0) is 8.97. The lowest BCUT2D eigenvalue weighted by Crippen LogP contribution is -1.92. The Hall–Kier alpha value is -1.08. The molecule has 0 heterocycles. The van der Waals surface area contributed by atoms with Gasteiger partial charge in [-0.3, -0.25) is 0 Å². The normalized spacial score (nSPS) is 9.83. The van der Waals surface area contributed by atoms with Crippen molar-refractivity contribution in [2.75, 3.05) is 0 Å². The van der Waals surface area contributed by atoms with Gasteiger partial charge in [0.1, 0.15) is 6.61 Å².